The minimum Gasteiger partial charge on any atom is -0.399 e. The number of rotatable bonds is 2. The molecule has 0 fully saturated rings. The van der Waals surface area contributed by atoms with E-state index in [4.69, 9.17) is 11.1 Å². The Labute approximate surface area is 65.9 Å². The van der Waals surface area contributed by atoms with Crippen LogP contribution in [-0.2, 0) is 0 Å². The Morgan fingerprint density at radius 3 is 2.36 bits per heavy atom. The highest BCUT2D eigenvalue weighted by Gasteiger charge is 1.93. The maximum Gasteiger partial charge on any atom is 0.0606 e. The summed E-state index contributed by atoms with van der Waals surface area (Å²) >= 11 is 0. The van der Waals surface area contributed by atoms with Gasteiger partial charge in [-0.2, -0.15) is 0 Å². The maximum atomic E-state index is 7.39. The van der Waals surface area contributed by atoms with Crippen LogP contribution in [0.15, 0.2) is 36.9 Å². The summed E-state index contributed by atoms with van der Waals surface area (Å²) in [5.74, 6) is 0. The van der Waals surface area contributed by atoms with E-state index in [1.807, 2.05) is 0 Å². The first-order valence-corrected chi connectivity index (χ1v) is 3.31. The average molecular weight is 146 g/mol. The van der Waals surface area contributed by atoms with Gasteiger partial charge >= 0.3 is 0 Å². The van der Waals surface area contributed by atoms with Crippen molar-refractivity contribution in [3.8, 4) is 0 Å². The molecule has 11 heavy (non-hydrogen) atoms. The zero-order valence-electron chi connectivity index (χ0n) is 6.17. The van der Waals surface area contributed by atoms with Crippen LogP contribution in [0.1, 0.15) is 5.56 Å². The molecule has 0 aliphatic carbocycles. The Hall–Kier alpha value is -1.57. The normalized spacial score (nSPS) is 9.09. The van der Waals surface area contributed by atoms with Crippen molar-refractivity contribution in [2.24, 2.45) is 0 Å². The lowest BCUT2D eigenvalue weighted by molar-refractivity contribution is 1.50. The summed E-state index contributed by atoms with van der Waals surface area (Å²) in [7, 11) is 0. The van der Waals surface area contributed by atoms with Gasteiger partial charge in [0.2, 0.25) is 0 Å². The molecular weight excluding hydrogens is 136 g/mol. The van der Waals surface area contributed by atoms with E-state index in [-0.39, 0.29) is 0 Å². The van der Waals surface area contributed by atoms with Crippen molar-refractivity contribution in [1.29, 1.82) is 5.41 Å². The van der Waals surface area contributed by atoms with Crippen LogP contribution in [0.4, 0.5) is 5.69 Å². The number of nitrogens with one attached hydrogen (secondary N) is 1. The third-order valence-corrected chi connectivity index (χ3v) is 1.43. The van der Waals surface area contributed by atoms with E-state index < -0.39 is 0 Å². The lowest BCUT2D eigenvalue weighted by Crippen LogP contribution is -1.93. The summed E-state index contributed by atoms with van der Waals surface area (Å²) in [5.41, 5.74) is 7.45. The molecule has 56 valence electrons. The molecule has 0 aromatic heterocycles. The van der Waals surface area contributed by atoms with Crippen molar-refractivity contribution < 1.29 is 0 Å². The van der Waals surface area contributed by atoms with Gasteiger partial charge in [0.05, 0.1) is 5.71 Å². The van der Waals surface area contributed by atoms with Gasteiger partial charge in [0.15, 0.2) is 0 Å². The molecule has 0 unspecified atom stereocenters. The number of allylic oxidation sites excluding steroid dienone is 1. The number of hydrogen-bond donors (Lipinski definition) is 2. The average Bonchev–Trinajstić information content (AvgIpc) is 2.05. The summed E-state index contributed by atoms with van der Waals surface area (Å²) in [6, 6.07) is 7.15. The van der Waals surface area contributed by atoms with Gasteiger partial charge < -0.3 is 11.1 Å². The van der Waals surface area contributed by atoms with Gasteiger partial charge in [0, 0.05) is 5.69 Å². The largest absolute Gasteiger partial charge is 0.399 e. The molecule has 0 atom stereocenters. The standard InChI is InChI=1S/C9H10N2/c1-2-9(11)7-3-5-8(10)6-4-7/h2-6,11H,1,10H2. The zero-order valence-corrected chi connectivity index (χ0v) is 6.17. The molecule has 1 aromatic rings. The lowest BCUT2D eigenvalue weighted by Gasteiger charge is -1.97. The molecule has 0 spiro atoms. The van der Waals surface area contributed by atoms with Crippen LogP contribution in [0.3, 0.4) is 0 Å². The maximum absolute atomic E-state index is 7.39. The molecule has 0 saturated carbocycles. The molecular formula is C9H10N2. The SMILES string of the molecule is C=CC(=N)c1ccc(N)cc1. The lowest BCUT2D eigenvalue weighted by atomic mass is 10.1. The van der Waals surface area contributed by atoms with Crippen LogP contribution in [0.2, 0.25) is 0 Å². The quantitative estimate of drug-likeness (QED) is 0.485. The van der Waals surface area contributed by atoms with E-state index >= 15 is 0 Å². The highest BCUT2D eigenvalue weighted by molar-refractivity contribution is 6.06. The van der Waals surface area contributed by atoms with Gasteiger partial charge in [-0.3, -0.25) is 0 Å². The van der Waals surface area contributed by atoms with Gasteiger partial charge in [-0.25, -0.2) is 0 Å². The summed E-state index contributed by atoms with van der Waals surface area (Å²) in [6.07, 6.45) is 1.51. The monoisotopic (exact) mass is 146 g/mol. The van der Waals surface area contributed by atoms with Crippen molar-refractivity contribution in [2.45, 2.75) is 0 Å². The number of benzene rings is 1. The van der Waals surface area contributed by atoms with Gasteiger partial charge in [-0.15, -0.1) is 0 Å². The van der Waals surface area contributed by atoms with Crippen molar-refractivity contribution in [2.75, 3.05) is 5.73 Å². The van der Waals surface area contributed by atoms with Crippen molar-refractivity contribution in [1.82, 2.24) is 0 Å². The Bertz CT molecular complexity index is 272. The van der Waals surface area contributed by atoms with Gasteiger partial charge in [-0.05, 0) is 23.8 Å². The molecule has 0 radical (unpaired) electrons. The first-order chi connectivity index (χ1) is 5.24. The zero-order chi connectivity index (χ0) is 8.27. The van der Waals surface area contributed by atoms with Gasteiger partial charge in [0.1, 0.15) is 0 Å². The van der Waals surface area contributed by atoms with Crippen LogP contribution in [-0.4, -0.2) is 5.71 Å². The van der Waals surface area contributed by atoms with Crippen LogP contribution < -0.4 is 5.73 Å². The highest BCUT2D eigenvalue weighted by atomic mass is 14.5. The molecule has 3 N–H and O–H groups in total. The van der Waals surface area contributed by atoms with Crippen molar-refractivity contribution >= 4 is 11.4 Å². The minimum atomic E-state index is 0.421. The Morgan fingerprint density at radius 1 is 1.36 bits per heavy atom. The Morgan fingerprint density at radius 2 is 1.91 bits per heavy atom. The predicted molar refractivity (Wildman–Crippen MR) is 47.9 cm³/mol. The molecule has 0 amide bonds. The second kappa shape index (κ2) is 3.01. The highest BCUT2D eigenvalue weighted by Crippen LogP contribution is 2.05. The van der Waals surface area contributed by atoms with E-state index in [1.165, 1.54) is 6.08 Å². The van der Waals surface area contributed by atoms with Crippen LogP contribution in [0.25, 0.3) is 0 Å². The molecule has 0 heterocycles. The fourth-order valence-electron chi connectivity index (χ4n) is 0.781. The van der Waals surface area contributed by atoms with Crippen LogP contribution >= 0.6 is 0 Å². The predicted octanol–water partition coefficient (Wildman–Crippen LogP) is 1.82. The molecule has 0 aliphatic rings. The van der Waals surface area contributed by atoms with Crippen LogP contribution in [0, 0.1) is 5.41 Å². The van der Waals surface area contributed by atoms with Crippen molar-refractivity contribution in [3.05, 3.63) is 42.5 Å². The molecule has 1 aromatic carbocycles. The third-order valence-electron chi connectivity index (χ3n) is 1.43. The van der Waals surface area contributed by atoms with Crippen molar-refractivity contribution in [3.63, 3.8) is 0 Å². The minimum absolute atomic E-state index is 0.421. The summed E-state index contributed by atoms with van der Waals surface area (Å²) in [4.78, 5) is 0. The summed E-state index contributed by atoms with van der Waals surface area (Å²) in [6.45, 7) is 3.50. The number of anilines is 1. The topological polar surface area (TPSA) is 49.9 Å². The molecule has 2 heteroatoms. The number of nitrogens with two attached hydrogens (primary N) is 1. The van der Waals surface area contributed by atoms with E-state index in [0.717, 1.165) is 5.56 Å². The van der Waals surface area contributed by atoms with E-state index in [9.17, 15) is 0 Å². The van der Waals surface area contributed by atoms with Gasteiger partial charge in [0.25, 0.3) is 0 Å². The van der Waals surface area contributed by atoms with Gasteiger partial charge in [-0.1, -0.05) is 18.7 Å². The molecule has 1 rings (SSSR count). The summed E-state index contributed by atoms with van der Waals surface area (Å²) < 4.78 is 0. The first-order valence-electron chi connectivity index (χ1n) is 3.31. The fraction of sp³-hybridized carbons (Fsp3) is 0. The Kier molecular flexibility index (Phi) is 2.06. The molecule has 2 nitrogen and oxygen atoms in total. The Balaban J connectivity index is 2.98. The second-order valence-corrected chi connectivity index (χ2v) is 2.24. The molecule has 0 aliphatic heterocycles. The fourth-order valence-corrected chi connectivity index (χ4v) is 0.781. The summed E-state index contributed by atoms with van der Waals surface area (Å²) in [5, 5.41) is 7.39. The smallest absolute Gasteiger partial charge is 0.0606 e. The number of hydrogen-bond acceptors (Lipinski definition) is 2. The molecule has 0 bridgehead atoms. The number of nitrogen functional groups attached to an aromatic ring is 1. The van der Waals surface area contributed by atoms with E-state index in [1.54, 1.807) is 24.3 Å². The molecule has 0 saturated heterocycles. The first kappa shape index (κ1) is 7.54. The third kappa shape index (κ3) is 1.67. The van der Waals surface area contributed by atoms with E-state index in [0.29, 0.717) is 11.4 Å². The van der Waals surface area contributed by atoms with Crippen LogP contribution in [0.5, 0.6) is 0 Å². The van der Waals surface area contributed by atoms with E-state index in [2.05, 4.69) is 6.58 Å². The second-order valence-electron chi connectivity index (χ2n) is 2.24.